The Bertz CT molecular complexity index is 426. The minimum absolute atomic E-state index is 0.0529. The maximum Gasteiger partial charge on any atom is 0.339 e. The monoisotopic (exact) mass is 236 g/mol. The molecule has 1 fully saturated rings. The molecule has 1 saturated heterocycles. The summed E-state index contributed by atoms with van der Waals surface area (Å²) < 4.78 is 0. The lowest BCUT2D eigenvalue weighted by Crippen LogP contribution is -2.44. The van der Waals surface area contributed by atoms with E-state index in [1.165, 1.54) is 12.1 Å². The molecule has 2 rings (SSSR count). The van der Waals surface area contributed by atoms with Crippen molar-refractivity contribution in [1.82, 2.24) is 4.90 Å². The average molecular weight is 236 g/mol. The number of carboxylic acids is 1. The lowest BCUT2D eigenvalue weighted by Gasteiger charge is -2.34. The smallest absolute Gasteiger partial charge is 0.339 e. The Morgan fingerprint density at radius 2 is 1.88 bits per heavy atom. The number of hydrogen-bond donors (Lipinski definition) is 2. The van der Waals surface area contributed by atoms with Crippen molar-refractivity contribution in [3.8, 4) is 5.75 Å². The topological polar surface area (TPSA) is 64.0 Å². The lowest BCUT2D eigenvalue weighted by molar-refractivity contribution is 0.0694. The summed E-state index contributed by atoms with van der Waals surface area (Å²) in [6, 6.07) is 4.72. The van der Waals surface area contributed by atoms with Crippen LogP contribution in [-0.4, -0.2) is 54.3 Å². The van der Waals surface area contributed by atoms with Crippen LogP contribution in [-0.2, 0) is 0 Å². The third kappa shape index (κ3) is 2.50. The van der Waals surface area contributed by atoms with E-state index < -0.39 is 5.97 Å². The largest absolute Gasteiger partial charge is 0.507 e. The molecule has 1 heterocycles. The van der Waals surface area contributed by atoms with Crippen LogP contribution in [0.5, 0.6) is 5.75 Å². The number of phenols is 1. The van der Waals surface area contributed by atoms with Gasteiger partial charge < -0.3 is 20.0 Å². The number of likely N-dealkylation sites (N-methyl/N-ethyl adjacent to an activating group) is 1. The second-order valence-electron chi connectivity index (χ2n) is 4.30. The van der Waals surface area contributed by atoms with Gasteiger partial charge in [0.25, 0.3) is 0 Å². The molecule has 5 nitrogen and oxygen atoms in total. The molecule has 0 unspecified atom stereocenters. The Kier molecular flexibility index (Phi) is 3.19. The van der Waals surface area contributed by atoms with Crippen molar-refractivity contribution in [3.63, 3.8) is 0 Å². The zero-order valence-corrected chi connectivity index (χ0v) is 9.76. The van der Waals surface area contributed by atoms with Gasteiger partial charge in [-0.15, -0.1) is 0 Å². The number of rotatable bonds is 2. The molecule has 92 valence electrons. The van der Waals surface area contributed by atoms with Crippen LogP contribution >= 0.6 is 0 Å². The quantitative estimate of drug-likeness (QED) is 0.796. The molecule has 0 aromatic heterocycles. The van der Waals surface area contributed by atoms with Gasteiger partial charge in [-0.25, -0.2) is 4.79 Å². The number of nitrogens with zero attached hydrogens (tertiary/aromatic N) is 2. The molecule has 1 aliphatic heterocycles. The highest BCUT2D eigenvalue weighted by Gasteiger charge is 2.16. The maximum atomic E-state index is 10.8. The second kappa shape index (κ2) is 4.63. The van der Waals surface area contributed by atoms with Crippen molar-refractivity contribution in [1.29, 1.82) is 0 Å². The van der Waals surface area contributed by atoms with Crippen LogP contribution in [0, 0.1) is 0 Å². The zero-order valence-electron chi connectivity index (χ0n) is 9.76. The minimum Gasteiger partial charge on any atom is -0.507 e. The van der Waals surface area contributed by atoms with Gasteiger partial charge in [0.15, 0.2) is 0 Å². The van der Waals surface area contributed by atoms with Crippen LogP contribution in [0.4, 0.5) is 5.69 Å². The Morgan fingerprint density at radius 1 is 1.24 bits per heavy atom. The van der Waals surface area contributed by atoms with E-state index in [4.69, 9.17) is 5.11 Å². The van der Waals surface area contributed by atoms with E-state index in [0.29, 0.717) is 0 Å². The van der Waals surface area contributed by atoms with E-state index in [0.717, 1.165) is 31.9 Å². The molecule has 0 bridgehead atoms. The number of piperazine rings is 1. The van der Waals surface area contributed by atoms with Crippen LogP contribution in [0.15, 0.2) is 18.2 Å². The summed E-state index contributed by atoms with van der Waals surface area (Å²) in [6.45, 7) is 3.73. The van der Waals surface area contributed by atoms with Gasteiger partial charge in [-0.3, -0.25) is 0 Å². The standard InChI is InChI=1S/C12H16N2O3/c1-13-4-6-14(7-5-13)9-2-3-10(12(16)17)11(15)8-9/h2-3,8,15H,4-7H2,1H3,(H,16,17). The number of aromatic carboxylic acids is 1. The predicted octanol–water partition coefficient (Wildman–Crippen LogP) is 0.842. The summed E-state index contributed by atoms with van der Waals surface area (Å²) in [5, 5.41) is 18.4. The summed E-state index contributed by atoms with van der Waals surface area (Å²) in [7, 11) is 2.07. The third-order valence-corrected chi connectivity index (χ3v) is 3.08. The summed E-state index contributed by atoms with van der Waals surface area (Å²) in [4.78, 5) is 15.2. The number of carboxylic acid groups (broad SMARTS) is 1. The molecule has 0 amide bonds. The molecule has 1 aliphatic rings. The van der Waals surface area contributed by atoms with Crippen molar-refractivity contribution < 1.29 is 15.0 Å². The minimum atomic E-state index is -1.10. The summed E-state index contributed by atoms with van der Waals surface area (Å²) in [6.07, 6.45) is 0. The van der Waals surface area contributed by atoms with Crippen molar-refractivity contribution in [2.24, 2.45) is 0 Å². The Labute approximate surface area is 99.9 Å². The first kappa shape index (κ1) is 11.7. The first-order chi connectivity index (χ1) is 8.08. The summed E-state index contributed by atoms with van der Waals surface area (Å²) in [5.74, 6) is -1.28. The molecule has 17 heavy (non-hydrogen) atoms. The molecule has 0 saturated carbocycles. The number of benzene rings is 1. The van der Waals surface area contributed by atoms with Crippen LogP contribution in [0.3, 0.4) is 0 Å². The van der Waals surface area contributed by atoms with Crippen LogP contribution < -0.4 is 4.90 Å². The molecule has 2 N–H and O–H groups in total. The van der Waals surface area contributed by atoms with Gasteiger partial charge >= 0.3 is 5.97 Å². The van der Waals surface area contributed by atoms with Crippen LogP contribution in [0.2, 0.25) is 0 Å². The summed E-state index contributed by atoms with van der Waals surface area (Å²) in [5.41, 5.74) is 0.823. The van der Waals surface area contributed by atoms with Gasteiger partial charge in [0, 0.05) is 37.9 Å². The highest BCUT2D eigenvalue weighted by Crippen LogP contribution is 2.25. The first-order valence-corrected chi connectivity index (χ1v) is 5.58. The molecule has 0 spiro atoms. The lowest BCUT2D eigenvalue weighted by atomic mass is 10.1. The Balaban J connectivity index is 2.17. The highest BCUT2D eigenvalue weighted by molar-refractivity contribution is 5.91. The Morgan fingerprint density at radius 3 is 2.41 bits per heavy atom. The first-order valence-electron chi connectivity index (χ1n) is 5.58. The molecule has 1 aromatic carbocycles. The number of hydrogen-bond acceptors (Lipinski definition) is 4. The van der Waals surface area contributed by atoms with Crippen molar-refractivity contribution in [3.05, 3.63) is 23.8 Å². The molecule has 1 aromatic rings. The summed E-state index contributed by atoms with van der Waals surface area (Å²) >= 11 is 0. The zero-order chi connectivity index (χ0) is 12.4. The normalized spacial score (nSPS) is 17.1. The highest BCUT2D eigenvalue weighted by atomic mass is 16.4. The van der Waals surface area contributed by atoms with E-state index in [1.54, 1.807) is 6.07 Å². The van der Waals surface area contributed by atoms with E-state index in [1.807, 2.05) is 0 Å². The molecule has 0 aliphatic carbocycles. The van der Waals surface area contributed by atoms with E-state index in [2.05, 4.69) is 16.8 Å². The van der Waals surface area contributed by atoms with E-state index in [-0.39, 0.29) is 11.3 Å². The fourth-order valence-corrected chi connectivity index (χ4v) is 1.96. The van der Waals surface area contributed by atoms with Gasteiger partial charge in [0.2, 0.25) is 0 Å². The van der Waals surface area contributed by atoms with E-state index >= 15 is 0 Å². The van der Waals surface area contributed by atoms with Gasteiger partial charge in [-0.05, 0) is 19.2 Å². The average Bonchev–Trinajstić information content (AvgIpc) is 2.29. The predicted molar refractivity (Wildman–Crippen MR) is 64.8 cm³/mol. The molecular weight excluding hydrogens is 220 g/mol. The van der Waals surface area contributed by atoms with Crippen molar-refractivity contribution in [2.75, 3.05) is 38.1 Å². The second-order valence-corrected chi connectivity index (χ2v) is 4.30. The number of aromatic hydroxyl groups is 1. The van der Waals surface area contributed by atoms with Gasteiger partial charge in [-0.1, -0.05) is 0 Å². The molecular formula is C12H16N2O3. The molecule has 0 atom stereocenters. The molecule has 0 radical (unpaired) electrons. The Hall–Kier alpha value is -1.75. The van der Waals surface area contributed by atoms with Crippen LogP contribution in [0.25, 0.3) is 0 Å². The van der Waals surface area contributed by atoms with Gasteiger partial charge in [0.1, 0.15) is 11.3 Å². The van der Waals surface area contributed by atoms with Crippen molar-refractivity contribution in [2.45, 2.75) is 0 Å². The maximum absolute atomic E-state index is 10.8. The number of anilines is 1. The third-order valence-electron chi connectivity index (χ3n) is 3.08. The molecule has 5 heteroatoms. The fourth-order valence-electron chi connectivity index (χ4n) is 1.96. The van der Waals surface area contributed by atoms with Crippen LogP contribution in [0.1, 0.15) is 10.4 Å². The van der Waals surface area contributed by atoms with Gasteiger partial charge in [-0.2, -0.15) is 0 Å². The van der Waals surface area contributed by atoms with Crippen molar-refractivity contribution >= 4 is 11.7 Å². The SMILES string of the molecule is CN1CCN(c2ccc(C(=O)O)c(O)c2)CC1. The number of carbonyl (C=O) groups is 1. The van der Waals surface area contributed by atoms with E-state index in [9.17, 15) is 9.90 Å². The van der Waals surface area contributed by atoms with Gasteiger partial charge in [0.05, 0.1) is 0 Å². The fraction of sp³-hybridized carbons (Fsp3) is 0.417.